The van der Waals surface area contributed by atoms with E-state index >= 15 is 0 Å². The normalized spacial score (nSPS) is 47.8. The van der Waals surface area contributed by atoms with Crippen LogP contribution in [-0.2, 0) is 0 Å². The van der Waals surface area contributed by atoms with Crippen molar-refractivity contribution in [1.82, 2.24) is 0 Å². The Labute approximate surface area is 200 Å². The van der Waals surface area contributed by atoms with Gasteiger partial charge in [-0.05, 0) is 111 Å². The summed E-state index contributed by atoms with van der Waals surface area (Å²) >= 11 is 0. The van der Waals surface area contributed by atoms with Crippen LogP contribution in [0.2, 0.25) is 0 Å². The predicted octanol–water partition coefficient (Wildman–Crippen LogP) is 8.50. The second-order valence-electron chi connectivity index (χ2n) is 13.1. The smallest absolute Gasteiger partial charge is 0.392 e. The van der Waals surface area contributed by atoms with Crippen LogP contribution in [0.1, 0.15) is 105 Å². The predicted molar refractivity (Wildman–Crippen MR) is 129 cm³/mol. The molecule has 0 amide bonds. The van der Waals surface area contributed by atoms with Crippen LogP contribution in [0, 0.1) is 65.1 Å². The van der Waals surface area contributed by atoms with E-state index in [4.69, 9.17) is 0 Å². The second-order valence-corrected chi connectivity index (χ2v) is 13.1. The summed E-state index contributed by atoms with van der Waals surface area (Å²) in [5, 5.41) is 10.9. The van der Waals surface area contributed by atoms with Crippen molar-refractivity contribution in [3.05, 3.63) is 0 Å². The third kappa shape index (κ3) is 5.46. The molecule has 1 N–H and O–H groups in total. The van der Waals surface area contributed by atoms with Crippen LogP contribution >= 0.6 is 0 Å². The van der Waals surface area contributed by atoms with Crippen LogP contribution in [0.5, 0.6) is 0 Å². The molecule has 0 saturated heterocycles. The lowest BCUT2D eigenvalue weighted by Crippen LogP contribution is -2.38. The number of alkyl halides is 3. The Balaban J connectivity index is 1.33. The minimum Gasteiger partial charge on any atom is -0.393 e. The third-order valence-electron chi connectivity index (χ3n) is 11.4. The molecule has 192 valence electrons. The van der Waals surface area contributed by atoms with Gasteiger partial charge in [0.05, 0.1) is 12.0 Å². The van der Waals surface area contributed by atoms with Gasteiger partial charge >= 0.3 is 6.18 Å². The zero-order valence-electron chi connectivity index (χ0n) is 21.5. The Morgan fingerprint density at radius 3 is 2.12 bits per heavy atom. The fourth-order valence-corrected chi connectivity index (χ4v) is 9.21. The monoisotopic (exact) mass is 470 g/mol. The zero-order valence-corrected chi connectivity index (χ0v) is 21.5. The molecule has 0 aromatic heterocycles. The molecule has 12 unspecified atom stereocenters. The average molecular weight is 471 g/mol. The summed E-state index contributed by atoms with van der Waals surface area (Å²) in [5.74, 6) is 4.90. The summed E-state index contributed by atoms with van der Waals surface area (Å²) in [5.41, 5.74) is 0. The molecule has 4 heteroatoms. The number of hydrogen-bond donors (Lipinski definition) is 1. The fourth-order valence-electron chi connectivity index (χ4n) is 9.21. The third-order valence-corrected chi connectivity index (χ3v) is 11.4. The van der Waals surface area contributed by atoms with Gasteiger partial charge in [0.15, 0.2) is 0 Å². The standard InChI is InChI=1S/C29H49F3O/c1-17-9-11-21(12-14-27(33)22-13-10-18(2)26(16-22)29(30,31)32)15-25(17)28-20(4)19(3)23-7-5-6-8-24(23)28/h17-28,33H,5-16H2,1-4H3. The molecule has 0 radical (unpaired) electrons. The zero-order chi connectivity index (χ0) is 23.9. The van der Waals surface area contributed by atoms with E-state index in [-0.39, 0.29) is 18.3 Å². The first-order valence-corrected chi connectivity index (χ1v) is 14.3. The summed E-state index contributed by atoms with van der Waals surface area (Å²) in [7, 11) is 0. The van der Waals surface area contributed by atoms with E-state index < -0.39 is 18.2 Å². The van der Waals surface area contributed by atoms with Crippen molar-refractivity contribution in [2.45, 2.75) is 117 Å². The summed E-state index contributed by atoms with van der Waals surface area (Å²) in [6.07, 6.45) is 7.96. The van der Waals surface area contributed by atoms with E-state index in [2.05, 4.69) is 20.8 Å². The van der Waals surface area contributed by atoms with E-state index in [9.17, 15) is 18.3 Å². The first-order chi connectivity index (χ1) is 15.6. The highest BCUT2D eigenvalue weighted by atomic mass is 19.4. The van der Waals surface area contributed by atoms with Gasteiger partial charge in [-0.15, -0.1) is 0 Å². The molecule has 0 aromatic carbocycles. The van der Waals surface area contributed by atoms with Crippen molar-refractivity contribution >= 4 is 0 Å². The first kappa shape index (κ1) is 25.8. The minimum absolute atomic E-state index is 0.122. The highest BCUT2D eigenvalue weighted by Gasteiger charge is 2.51. The van der Waals surface area contributed by atoms with Gasteiger partial charge in [0.1, 0.15) is 0 Å². The van der Waals surface area contributed by atoms with E-state index in [0.29, 0.717) is 18.8 Å². The van der Waals surface area contributed by atoms with Crippen molar-refractivity contribution < 1.29 is 18.3 Å². The molecule has 4 saturated carbocycles. The van der Waals surface area contributed by atoms with Crippen molar-refractivity contribution in [3.8, 4) is 0 Å². The molecule has 0 bridgehead atoms. The summed E-state index contributed by atoms with van der Waals surface area (Å²) in [6.45, 7) is 9.23. The van der Waals surface area contributed by atoms with Crippen LogP contribution < -0.4 is 0 Å². The molecule has 4 rings (SSSR count). The Morgan fingerprint density at radius 2 is 1.42 bits per heavy atom. The second kappa shape index (κ2) is 10.4. The maximum Gasteiger partial charge on any atom is 0.392 e. The van der Waals surface area contributed by atoms with Gasteiger partial charge in [-0.25, -0.2) is 0 Å². The lowest BCUT2D eigenvalue weighted by molar-refractivity contribution is -0.202. The number of rotatable bonds is 5. The molecule has 1 nitrogen and oxygen atoms in total. The first-order valence-electron chi connectivity index (χ1n) is 14.3. The van der Waals surface area contributed by atoms with Crippen LogP contribution in [0.25, 0.3) is 0 Å². The quantitative estimate of drug-likeness (QED) is 0.427. The van der Waals surface area contributed by atoms with Crippen LogP contribution in [-0.4, -0.2) is 17.4 Å². The van der Waals surface area contributed by atoms with Gasteiger partial charge in [0.25, 0.3) is 0 Å². The molecule has 0 aliphatic heterocycles. The maximum absolute atomic E-state index is 13.4. The summed E-state index contributed by atoms with van der Waals surface area (Å²) < 4.78 is 40.3. The Hall–Kier alpha value is -0.250. The molecule has 4 fully saturated rings. The Morgan fingerprint density at radius 1 is 0.758 bits per heavy atom. The van der Waals surface area contributed by atoms with E-state index in [1.54, 1.807) is 6.92 Å². The average Bonchev–Trinajstić information content (AvgIpc) is 3.03. The molecule has 0 aromatic rings. The van der Waals surface area contributed by atoms with Crippen LogP contribution in [0.3, 0.4) is 0 Å². The highest BCUT2D eigenvalue weighted by molar-refractivity contribution is 5.00. The van der Waals surface area contributed by atoms with Crippen molar-refractivity contribution in [3.63, 3.8) is 0 Å². The topological polar surface area (TPSA) is 20.2 Å². The molecule has 4 aliphatic rings. The van der Waals surface area contributed by atoms with Gasteiger partial charge in [0, 0.05) is 0 Å². The lowest BCUT2D eigenvalue weighted by Gasteiger charge is -2.43. The Kier molecular flexibility index (Phi) is 8.13. The number of hydrogen-bond acceptors (Lipinski definition) is 1. The van der Waals surface area contributed by atoms with Crippen molar-refractivity contribution in [2.75, 3.05) is 0 Å². The molecule has 33 heavy (non-hydrogen) atoms. The van der Waals surface area contributed by atoms with E-state index in [1.165, 1.54) is 44.9 Å². The number of halogens is 3. The number of aliphatic hydroxyl groups is 1. The number of fused-ring (bicyclic) bond motifs is 1. The summed E-state index contributed by atoms with van der Waals surface area (Å²) in [4.78, 5) is 0. The van der Waals surface area contributed by atoms with Gasteiger partial charge < -0.3 is 5.11 Å². The molecule has 4 aliphatic carbocycles. The molecular formula is C29H49F3O. The van der Waals surface area contributed by atoms with Gasteiger partial charge in [-0.1, -0.05) is 53.4 Å². The number of aliphatic hydroxyl groups excluding tert-OH is 1. The SMILES string of the molecule is CC1CCC(CCC(O)C2CCC(C)C(C(F)(F)F)C2)CC1C1C(C)C(C)C2CCCCC21. The summed E-state index contributed by atoms with van der Waals surface area (Å²) in [6, 6.07) is 0. The molecular weight excluding hydrogens is 421 g/mol. The van der Waals surface area contributed by atoms with E-state index in [0.717, 1.165) is 54.3 Å². The Bertz CT molecular complexity index is 633. The van der Waals surface area contributed by atoms with Crippen molar-refractivity contribution in [1.29, 1.82) is 0 Å². The molecule has 0 heterocycles. The van der Waals surface area contributed by atoms with Crippen molar-refractivity contribution in [2.24, 2.45) is 65.1 Å². The minimum atomic E-state index is -4.13. The molecule has 0 spiro atoms. The van der Waals surface area contributed by atoms with Crippen LogP contribution in [0.4, 0.5) is 13.2 Å². The lowest BCUT2D eigenvalue weighted by atomic mass is 9.62. The molecule has 12 atom stereocenters. The van der Waals surface area contributed by atoms with Gasteiger partial charge in [0.2, 0.25) is 0 Å². The fraction of sp³-hybridized carbons (Fsp3) is 1.00. The largest absolute Gasteiger partial charge is 0.393 e. The highest BCUT2D eigenvalue weighted by Crippen LogP contribution is 2.58. The van der Waals surface area contributed by atoms with Gasteiger partial charge in [-0.2, -0.15) is 13.2 Å². The van der Waals surface area contributed by atoms with Gasteiger partial charge in [-0.3, -0.25) is 0 Å². The van der Waals surface area contributed by atoms with E-state index in [1.807, 2.05) is 0 Å². The van der Waals surface area contributed by atoms with Crippen LogP contribution in [0.15, 0.2) is 0 Å². The maximum atomic E-state index is 13.4.